The molecule has 1 aliphatic heterocycles. The minimum Gasteiger partial charge on any atom is -0.497 e. The summed E-state index contributed by atoms with van der Waals surface area (Å²) in [5.74, 6) is 3.05. The van der Waals surface area contributed by atoms with Crippen molar-refractivity contribution in [1.82, 2.24) is 15.5 Å². The third-order valence-electron chi connectivity index (χ3n) is 4.48. The lowest BCUT2D eigenvalue weighted by molar-refractivity contribution is 0.205. The van der Waals surface area contributed by atoms with E-state index >= 15 is 0 Å². The molecule has 2 amide bonds. The first-order chi connectivity index (χ1) is 12.8. The maximum absolute atomic E-state index is 12.2. The summed E-state index contributed by atoms with van der Waals surface area (Å²) >= 11 is 1.97. The summed E-state index contributed by atoms with van der Waals surface area (Å²) in [5, 5.41) is 5.90. The molecule has 6 nitrogen and oxygen atoms in total. The van der Waals surface area contributed by atoms with Crippen molar-refractivity contribution in [3.8, 4) is 5.75 Å². The van der Waals surface area contributed by atoms with Crippen LogP contribution >= 0.6 is 11.8 Å². The Morgan fingerprint density at radius 1 is 1.23 bits per heavy atom. The van der Waals surface area contributed by atoms with Crippen LogP contribution in [0.3, 0.4) is 0 Å². The van der Waals surface area contributed by atoms with Crippen LogP contribution in [-0.2, 0) is 6.54 Å². The summed E-state index contributed by atoms with van der Waals surface area (Å²) in [7, 11) is 1.64. The number of rotatable bonds is 7. The number of thioether (sulfide) groups is 1. The second kappa shape index (κ2) is 9.54. The largest absolute Gasteiger partial charge is 0.497 e. The predicted molar refractivity (Wildman–Crippen MR) is 104 cm³/mol. The standard InChI is InChI=1S/C19H25N3O3S/c1-24-17-4-2-15(3-5-17)12-20-19(23)21-13-18(16-6-9-25-14-16)22-7-10-26-11-8-22/h2-6,9,14,18H,7-8,10-13H2,1H3,(H2,20,21,23)/t18-/m1/s1. The zero-order chi connectivity index (χ0) is 18.2. The Balaban J connectivity index is 1.50. The van der Waals surface area contributed by atoms with Crippen molar-refractivity contribution in [2.24, 2.45) is 0 Å². The second-order valence-corrected chi connectivity index (χ2v) is 7.36. The van der Waals surface area contributed by atoms with Crippen LogP contribution in [0.2, 0.25) is 0 Å². The van der Waals surface area contributed by atoms with Gasteiger partial charge in [-0.25, -0.2) is 4.79 Å². The van der Waals surface area contributed by atoms with Gasteiger partial charge in [0.15, 0.2) is 0 Å². The molecule has 1 saturated heterocycles. The van der Waals surface area contributed by atoms with Gasteiger partial charge in [0.05, 0.1) is 25.7 Å². The number of nitrogens with zero attached hydrogens (tertiary/aromatic N) is 1. The number of hydrogen-bond donors (Lipinski definition) is 2. The topological polar surface area (TPSA) is 66.7 Å². The second-order valence-electron chi connectivity index (χ2n) is 6.13. The number of amides is 2. The number of benzene rings is 1. The highest BCUT2D eigenvalue weighted by Crippen LogP contribution is 2.24. The lowest BCUT2D eigenvalue weighted by atomic mass is 10.1. The molecule has 1 atom stereocenters. The number of furan rings is 1. The summed E-state index contributed by atoms with van der Waals surface area (Å²) in [6, 6.07) is 9.61. The molecular formula is C19H25N3O3S. The Morgan fingerprint density at radius 3 is 2.65 bits per heavy atom. The van der Waals surface area contributed by atoms with E-state index in [1.165, 1.54) is 0 Å². The Bertz CT molecular complexity index is 670. The van der Waals surface area contributed by atoms with Crippen LogP contribution in [0.25, 0.3) is 0 Å². The monoisotopic (exact) mass is 375 g/mol. The predicted octanol–water partition coefficient (Wildman–Crippen LogP) is 2.88. The van der Waals surface area contributed by atoms with E-state index in [2.05, 4.69) is 15.5 Å². The zero-order valence-electron chi connectivity index (χ0n) is 14.9. The van der Waals surface area contributed by atoms with Crippen LogP contribution in [0.15, 0.2) is 47.3 Å². The van der Waals surface area contributed by atoms with Gasteiger partial charge in [-0.3, -0.25) is 4.90 Å². The average Bonchev–Trinajstić information content (AvgIpc) is 3.22. The Labute approximate surface area is 158 Å². The summed E-state index contributed by atoms with van der Waals surface area (Å²) in [5.41, 5.74) is 2.13. The minimum atomic E-state index is -0.166. The Hall–Kier alpha value is -2.12. The van der Waals surface area contributed by atoms with Crippen molar-refractivity contribution in [2.75, 3.05) is 38.2 Å². The molecule has 1 aliphatic rings. The van der Waals surface area contributed by atoms with Crippen molar-refractivity contribution >= 4 is 17.8 Å². The Morgan fingerprint density at radius 2 is 2.00 bits per heavy atom. The highest BCUT2D eigenvalue weighted by Gasteiger charge is 2.23. The lowest BCUT2D eigenvalue weighted by Gasteiger charge is -2.33. The summed E-state index contributed by atoms with van der Waals surface area (Å²) in [4.78, 5) is 14.6. The molecule has 0 bridgehead atoms. The zero-order valence-corrected chi connectivity index (χ0v) is 15.8. The number of nitrogens with one attached hydrogen (secondary N) is 2. The minimum absolute atomic E-state index is 0.140. The van der Waals surface area contributed by atoms with Crippen LogP contribution in [0.5, 0.6) is 5.75 Å². The van der Waals surface area contributed by atoms with E-state index in [1.54, 1.807) is 19.6 Å². The molecule has 1 aromatic heterocycles. The molecule has 7 heteroatoms. The van der Waals surface area contributed by atoms with Gasteiger partial charge in [0, 0.05) is 43.2 Å². The first kappa shape index (κ1) is 18.7. The van der Waals surface area contributed by atoms with Gasteiger partial charge in [0.25, 0.3) is 0 Å². The maximum atomic E-state index is 12.2. The van der Waals surface area contributed by atoms with Crippen LogP contribution in [-0.4, -0.2) is 49.2 Å². The van der Waals surface area contributed by atoms with E-state index < -0.39 is 0 Å². The molecule has 3 rings (SSSR count). The average molecular weight is 375 g/mol. The normalized spacial score (nSPS) is 16.0. The number of carbonyl (C=O) groups is 1. The maximum Gasteiger partial charge on any atom is 0.315 e. The molecule has 0 radical (unpaired) electrons. The Kier molecular flexibility index (Phi) is 6.85. The van der Waals surface area contributed by atoms with E-state index in [0.717, 1.165) is 41.5 Å². The van der Waals surface area contributed by atoms with E-state index in [-0.39, 0.29) is 12.1 Å². The number of urea groups is 1. The van der Waals surface area contributed by atoms with Crippen molar-refractivity contribution in [1.29, 1.82) is 0 Å². The molecule has 0 aliphatic carbocycles. The molecule has 2 aromatic rings. The van der Waals surface area contributed by atoms with Crippen molar-refractivity contribution in [3.05, 3.63) is 54.0 Å². The molecule has 2 heterocycles. The molecule has 26 heavy (non-hydrogen) atoms. The van der Waals surface area contributed by atoms with Gasteiger partial charge in [0.2, 0.25) is 0 Å². The fourth-order valence-corrected chi connectivity index (χ4v) is 3.92. The lowest BCUT2D eigenvalue weighted by Crippen LogP contribution is -2.44. The highest BCUT2D eigenvalue weighted by atomic mass is 32.2. The molecule has 0 saturated carbocycles. The van der Waals surface area contributed by atoms with Gasteiger partial charge in [-0.1, -0.05) is 12.1 Å². The molecule has 0 unspecified atom stereocenters. The van der Waals surface area contributed by atoms with Gasteiger partial charge < -0.3 is 19.8 Å². The molecular weight excluding hydrogens is 350 g/mol. The molecule has 1 fully saturated rings. The fourth-order valence-electron chi connectivity index (χ4n) is 2.99. The highest BCUT2D eigenvalue weighted by molar-refractivity contribution is 7.99. The first-order valence-corrected chi connectivity index (χ1v) is 9.90. The third-order valence-corrected chi connectivity index (χ3v) is 5.42. The molecule has 140 valence electrons. The van der Waals surface area contributed by atoms with Crippen LogP contribution in [0.1, 0.15) is 17.2 Å². The van der Waals surface area contributed by atoms with Crippen molar-refractivity contribution in [2.45, 2.75) is 12.6 Å². The van der Waals surface area contributed by atoms with Crippen molar-refractivity contribution < 1.29 is 13.9 Å². The van der Waals surface area contributed by atoms with Gasteiger partial charge in [-0.15, -0.1) is 0 Å². The number of carbonyl (C=O) groups excluding carboxylic acids is 1. The third kappa shape index (κ3) is 5.19. The summed E-state index contributed by atoms with van der Waals surface area (Å²) in [6.45, 7) is 3.08. The fraction of sp³-hybridized carbons (Fsp3) is 0.421. The van der Waals surface area contributed by atoms with Gasteiger partial charge in [-0.05, 0) is 23.8 Å². The smallest absolute Gasteiger partial charge is 0.315 e. The number of methoxy groups -OCH3 is 1. The van der Waals surface area contributed by atoms with Crippen molar-refractivity contribution in [3.63, 3.8) is 0 Å². The molecule has 0 spiro atoms. The van der Waals surface area contributed by atoms with E-state index in [4.69, 9.17) is 9.15 Å². The van der Waals surface area contributed by atoms with E-state index in [1.807, 2.05) is 42.1 Å². The van der Waals surface area contributed by atoms with Gasteiger partial charge in [-0.2, -0.15) is 11.8 Å². The number of ether oxygens (including phenoxy) is 1. The van der Waals surface area contributed by atoms with Crippen LogP contribution < -0.4 is 15.4 Å². The summed E-state index contributed by atoms with van der Waals surface area (Å²) < 4.78 is 10.4. The first-order valence-electron chi connectivity index (χ1n) is 8.75. The SMILES string of the molecule is COc1ccc(CNC(=O)NC[C@H](c2ccoc2)N2CCSCC2)cc1. The van der Waals surface area contributed by atoms with E-state index in [0.29, 0.717) is 13.1 Å². The molecule has 2 N–H and O–H groups in total. The number of hydrogen-bond acceptors (Lipinski definition) is 5. The quantitative estimate of drug-likeness (QED) is 0.779. The summed E-state index contributed by atoms with van der Waals surface area (Å²) in [6.07, 6.45) is 3.45. The van der Waals surface area contributed by atoms with E-state index in [9.17, 15) is 4.79 Å². The van der Waals surface area contributed by atoms with Gasteiger partial charge in [0.1, 0.15) is 5.75 Å². The van der Waals surface area contributed by atoms with Crippen LogP contribution in [0.4, 0.5) is 4.79 Å². The van der Waals surface area contributed by atoms with Crippen LogP contribution in [0, 0.1) is 0 Å². The van der Waals surface area contributed by atoms with Gasteiger partial charge >= 0.3 is 6.03 Å². The molecule has 1 aromatic carbocycles.